The second kappa shape index (κ2) is 6.27. The maximum Gasteiger partial charge on any atom is 0.0285 e. The number of nitrogens with zero attached hydrogens (tertiary/aromatic N) is 1. The molecule has 1 aliphatic heterocycles. The summed E-state index contributed by atoms with van der Waals surface area (Å²) >= 11 is 2.10. The van der Waals surface area contributed by atoms with E-state index in [0.29, 0.717) is 0 Å². The van der Waals surface area contributed by atoms with Crippen LogP contribution in [-0.2, 0) is 0 Å². The molecule has 3 heteroatoms. The predicted molar refractivity (Wildman–Crippen MR) is 73.2 cm³/mol. The molecule has 2 rings (SSSR count). The van der Waals surface area contributed by atoms with E-state index in [1.54, 1.807) is 0 Å². The highest BCUT2D eigenvalue weighted by Gasteiger charge is 2.24. The van der Waals surface area contributed by atoms with Crippen LogP contribution < -0.4 is 5.32 Å². The summed E-state index contributed by atoms with van der Waals surface area (Å²) in [4.78, 5) is 2.61. The lowest BCUT2D eigenvalue weighted by atomic mass is 9.86. The summed E-state index contributed by atoms with van der Waals surface area (Å²) in [5.41, 5.74) is 0. The Bertz CT molecular complexity index is 196. The summed E-state index contributed by atoms with van der Waals surface area (Å²) in [6, 6.07) is 1.58. The van der Waals surface area contributed by atoms with E-state index in [0.717, 1.165) is 18.0 Å². The Morgan fingerprint density at radius 3 is 2.62 bits per heavy atom. The standard InChI is InChI=1S/C13H26N2S/c1-11-3-5-13(6-4-11)15(2)9-12-10-16-8-7-14-12/h11-14H,3-10H2,1-2H3. The van der Waals surface area contributed by atoms with Crippen LogP contribution in [0.5, 0.6) is 0 Å². The minimum absolute atomic E-state index is 0.725. The van der Waals surface area contributed by atoms with E-state index < -0.39 is 0 Å². The first-order valence-electron chi connectivity index (χ1n) is 6.77. The van der Waals surface area contributed by atoms with Gasteiger partial charge >= 0.3 is 0 Å². The third-order valence-electron chi connectivity index (χ3n) is 4.12. The fourth-order valence-corrected chi connectivity index (χ4v) is 3.85. The Morgan fingerprint density at radius 1 is 1.25 bits per heavy atom. The van der Waals surface area contributed by atoms with Crippen LogP contribution >= 0.6 is 11.8 Å². The fraction of sp³-hybridized carbons (Fsp3) is 1.00. The van der Waals surface area contributed by atoms with Crippen LogP contribution in [0.25, 0.3) is 0 Å². The summed E-state index contributed by atoms with van der Waals surface area (Å²) in [6.07, 6.45) is 5.69. The molecule has 0 radical (unpaired) electrons. The first kappa shape index (κ1) is 12.7. The normalized spacial score (nSPS) is 36.6. The topological polar surface area (TPSA) is 15.3 Å². The molecule has 0 aromatic heterocycles. The number of thioether (sulfide) groups is 1. The molecule has 2 aliphatic rings. The van der Waals surface area contributed by atoms with Crippen LogP contribution in [0.2, 0.25) is 0 Å². The summed E-state index contributed by atoms with van der Waals surface area (Å²) in [5.74, 6) is 3.56. The van der Waals surface area contributed by atoms with E-state index in [1.165, 1.54) is 50.3 Å². The monoisotopic (exact) mass is 242 g/mol. The molecule has 0 aromatic carbocycles. The SMILES string of the molecule is CC1CCC(N(C)CC2CSCCN2)CC1. The highest BCUT2D eigenvalue weighted by atomic mass is 32.2. The van der Waals surface area contributed by atoms with Crippen molar-refractivity contribution >= 4 is 11.8 Å². The Morgan fingerprint density at radius 2 is 2.00 bits per heavy atom. The van der Waals surface area contributed by atoms with E-state index >= 15 is 0 Å². The smallest absolute Gasteiger partial charge is 0.0285 e. The lowest BCUT2D eigenvalue weighted by molar-refractivity contribution is 0.159. The van der Waals surface area contributed by atoms with Crippen LogP contribution in [0, 0.1) is 5.92 Å². The van der Waals surface area contributed by atoms with Crippen molar-refractivity contribution in [2.75, 3.05) is 31.6 Å². The number of nitrogens with one attached hydrogen (secondary N) is 1. The quantitative estimate of drug-likeness (QED) is 0.817. The van der Waals surface area contributed by atoms with E-state index in [2.05, 4.69) is 35.9 Å². The Labute approximate surface area is 105 Å². The maximum atomic E-state index is 3.64. The Balaban J connectivity index is 1.72. The molecule has 2 nitrogen and oxygen atoms in total. The molecule has 1 heterocycles. The molecule has 1 saturated heterocycles. The van der Waals surface area contributed by atoms with Gasteiger partial charge in [-0.15, -0.1) is 0 Å². The van der Waals surface area contributed by atoms with Gasteiger partial charge < -0.3 is 10.2 Å². The fourth-order valence-electron chi connectivity index (χ4n) is 2.92. The van der Waals surface area contributed by atoms with Gasteiger partial charge in [-0.3, -0.25) is 0 Å². The van der Waals surface area contributed by atoms with Crippen LogP contribution in [0.3, 0.4) is 0 Å². The van der Waals surface area contributed by atoms with Crippen molar-refractivity contribution in [3.8, 4) is 0 Å². The van der Waals surface area contributed by atoms with Crippen molar-refractivity contribution in [3.63, 3.8) is 0 Å². The van der Waals surface area contributed by atoms with Gasteiger partial charge in [0.05, 0.1) is 0 Å². The maximum absolute atomic E-state index is 3.64. The van der Waals surface area contributed by atoms with Crippen LogP contribution in [0.15, 0.2) is 0 Å². The van der Waals surface area contributed by atoms with Gasteiger partial charge in [-0.25, -0.2) is 0 Å². The average Bonchev–Trinajstić information content (AvgIpc) is 2.31. The van der Waals surface area contributed by atoms with Crippen LogP contribution in [0.4, 0.5) is 0 Å². The average molecular weight is 242 g/mol. The number of hydrogen-bond acceptors (Lipinski definition) is 3. The van der Waals surface area contributed by atoms with Crippen molar-refractivity contribution in [3.05, 3.63) is 0 Å². The molecule has 0 aromatic rings. The minimum Gasteiger partial charge on any atom is -0.311 e. The highest BCUT2D eigenvalue weighted by molar-refractivity contribution is 7.99. The first-order chi connectivity index (χ1) is 7.75. The van der Waals surface area contributed by atoms with Crippen molar-refractivity contribution in [2.45, 2.75) is 44.7 Å². The molecular weight excluding hydrogens is 216 g/mol. The lowest BCUT2D eigenvalue weighted by Gasteiger charge is -2.36. The highest BCUT2D eigenvalue weighted by Crippen LogP contribution is 2.26. The van der Waals surface area contributed by atoms with E-state index in [9.17, 15) is 0 Å². The molecule has 1 unspecified atom stereocenters. The molecule has 94 valence electrons. The van der Waals surface area contributed by atoms with Gasteiger partial charge in [0, 0.05) is 36.7 Å². The van der Waals surface area contributed by atoms with Gasteiger partial charge in [-0.2, -0.15) is 11.8 Å². The number of likely N-dealkylation sites (N-methyl/N-ethyl adjacent to an activating group) is 1. The Kier molecular flexibility index (Phi) is 4.98. The van der Waals surface area contributed by atoms with E-state index in [-0.39, 0.29) is 0 Å². The molecule has 1 atom stereocenters. The molecule has 1 saturated carbocycles. The zero-order valence-corrected chi connectivity index (χ0v) is 11.6. The number of hydrogen-bond donors (Lipinski definition) is 1. The van der Waals surface area contributed by atoms with Gasteiger partial charge in [0.1, 0.15) is 0 Å². The zero-order valence-electron chi connectivity index (χ0n) is 10.7. The molecule has 1 aliphatic carbocycles. The second-order valence-electron chi connectivity index (χ2n) is 5.58. The molecular formula is C13H26N2S. The predicted octanol–water partition coefficient (Wildman–Crippen LogP) is 2.20. The Hall–Kier alpha value is 0.270. The molecule has 16 heavy (non-hydrogen) atoms. The van der Waals surface area contributed by atoms with Crippen LogP contribution in [-0.4, -0.2) is 48.6 Å². The van der Waals surface area contributed by atoms with Gasteiger partial charge in [0.15, 0.2) is 0 Å². The van der Waals surface area contributed by atoms with Gasteiger partial charge in [-0.1, -0.05) is 6.92 Å². The third kappa shape index (κ3) is 3.64. The lowest BCUT2D eigenvalue weighted by Crippen LogP contribution is -2.48. The van der Waals surface area contributed by atoms with Crippen molar-refractivity contribution in [1.82, 2.24) is 10.2 Å². The summed E-state index contributed by atoms with van der Waals surface area (Å²) < 4.78 is 0. The first-order valence-corrected chi connectivity index (χ1v) is 7.92. The van der Waals surface area contributed by atoms with E-state index in [4.69, 9.17) is 0 Å². The van der Waals surface area contributed by atoms with Crippen LogP contribution in [0.1, 0.15) is 32.6 Å². The summed E-state index contributed by atoms with van der Waals surface area (Å²) in [7, 11) is 2.32. The van der Waals surface area contributed by atoms with Gasteiger partial charge in [0.25, 0.3) is 0 Å². The molecule has 2 fully saturated rings. The minimum atomic E-state index is 0.725. The van der Waals surface area contributed by atoms with Crippen molar-refractivity contribution in [1.29, 1.82) is 0 Å². The zero-order chi connectivity index (χ0) is 11.4. The molecule has 0 bridgehead atoms. The van der Waals surface area contributed by atoms with E-state index in [1.807, 2.05) is 0 Å². The van der Waals surface area contributed by atoms with Crippen molar-refractivity contribution in [2.24, 2.45) is 5.92 Å². The summed E-state index contributed by atoms with van der Waals surface area (Å²) in [5, 5.41) is 3.64. The largest absolute Gasteiger partial charge is 0.311 e. The van der Waals surface area contributed by atoms with Crippen molar-refractivity contribution < 1.29 is 0 Å². The molecule has 1 N–H and O–H groups in total. The van der Waals surface area contributed by atoms with Gasteiger partial charge in [-0.05, 0) is 38.6 Å². The second-order valence-corrected chi connectivity index (χ2v) is 6.73. The van der Waals surface area contributed by atoms with Gasteiger partial charge in [0.2, 0.25) is 0 Å². The number of rotatable bonds is 3. The molecule has 0 spiro atoms. The molecule has 0 amide bonds. The third-order valence-corrected chi connectivity index (χ3v) is 5.25. The summed E-state index contributed by atoms with van der Waals surface area (Å²) in [6.45, 7) is 4.84.